The highest BCUT2D eigenvalue weighted by molar-refractivity contribution is 5.42. The van der Waals surface area contributed by atoms with E-state index in [1.54, 1.807) is 7.11 Å². The Hall–Kier alpha value is -1.26. The number of methoxy groups -OCH3 is 1. The van der Waals surface area contributed by atoms with Crippen LogP contribution in [-0.2, 0) is 4.74 Å². The molecule has 0 fully saturated rings. The molecule has 0 amide bonds. The molecule has 0 saturated heterocycles. The summed E-state index contributed by atoms with van der Waals surface area (Å²) in [7, 11) is 1.64. The quantitative estimate of drug-likeness (QED) is 0.706. The molecule has 0 saturated carbocycles. The summed E-state index contributed by atoms with van der Waals surface area (Å²) >= 11 is 0. The molecule has 1 rings (SSSR count). The maximum Gasteiger partial charge on any atom is 0.127 e. The van der Waals surface area contributed by atoms with Crippen molar-refractivity contribution in [2.45, 2.75) is 33.2 Å². The van der Waals surface area contributed by atoms with Crippen LogP contribution >= 0.6 is 0 Å². The van der Waals surface area contributed by atoms with Gasteiger partial charge in [0.25, 0.3) is 0 Å². The molecule has 0 radical (unpaired) electrons. The van der Waals surface area contributed by atoms with E-state index in [1.807, 2.05) is 25.1 Å². The predicted octanol–water partition coefficient (Wildman–Crippen LogP) is 3.16. The van der Waals surface area contributed by atoms with Gasteiger partial charge in [-0.3, -0.25) is 0 Å². The third kappa shape index (κ3) is 5.80. The topological polar surface area (TPSA) is 53.7 Å². The molecule has 1 atom stereocenters. The smallest absolute Gasteiger partial charge is 0.127 e. The summed E-state index contributed by atoms with van der Waals surface area (Å²) in [5, 5.41) is 0. The van der Waals surface area contributed by atoms with Gasteiger partial charge in [0.1, 0.15) is 18.1 Å². The average Bonchev–Trinajstić information content (AvgIpc) is 2.41. The summed E-state index contributed by atoms with van der Waals surface area (Å²) in [6.45, 7) is 8.19. The lowest BCUT2D eigenvalue weighted by atomic mass is 10.1. The highest BCUT2D eigenvalue weighted by Gasteiger charge is 2.09. The molecule has 4 heteroatoms. The van der Waals surface area contributed by atoms with Crippen LogP contribution in [0.2, 0.25) is 0 Å². The van der Waals surface area contributed by atoms with Gasteiger partial charge in [-0.05, 0) is 25.3 Å². The fourth-order valence-corrected chi connectivity index (χ4v) is 1.77. The van der Waals surface area contributed by atoms with Crippen LogP contribution in [0.15, 0.2) is 18.2 Å². The van der Waals surface area contributed by atoms with E-state index in [9.17, 15) is 0 Å². The van der Waals surface area contributed by atoms with Crippen molar-refractivity contribution < 1.29 is 14.2 Å². The van der Waals surface area contributed by atoms with E-state index in [0.29, 0.717) is 19.1 Å². The number of hydrogen-bond donors (Lipinski definition) is 1. The second-order valence-corrected chi connectivity index (χ2v) is 5.34. The van der Waals surface area contributed by atoms with Crippen molar-refractivity contribution >= 4 is 0 Å². The monoisotopic (exact) mass is 281 g/mol. The summed E-state index contributed by atoms with van der Waals surface area (Å²) in [6, 6.07) is 5.63. The van der Waals surface area contributed by atoms with Crippen LogP contribution in [0.5, 0.6) is 11.5 Å². The van der Waals surface area contributed by atoms with Crippen LogP contribution in [0.25, 0.3) is 0 Å². The molecule has 0 aliphatic rings. The van der Waals surface area contributed by atoms with Crippen molar-refractivity contribution in [1.29, 1.82) is 0 Å². The zero-order valence-corrected chi connectivity index (χ0v) is 13.0. The number of benzene rings is 1. The Bertz CT molecular complexity index is 391. The largest absolute Gasteiger partial charge is 0.497 e. The van der Waals surface area contributed by atoms with Crippen LogP contribution in [0, 0.1) is 5.92 Å². The third-order valence-electron chi connectivity index (χ3n) is 3.04. The van der Waals surface area contributed by atoms with E-state index in [4.69, 9.17) is 19.9 Å². The first-order valence-electron chi connectivity index (χ1n) is 7.18. The Kier molecular flexibility index (Phi) is 7.41. The van der Waals surface area contributed by atoms with Crippen molar-refractivity contribution in [3.63, 3.8) is 0 Å². The molecule has 0 aliphatic heterocycles. The molecule has 1 aromatic rings. The minimum absolute atomic E-state index is 0.0715. The fraction of sp³-hybridized carbons (Fsp3) is 0.625. The van der Waals surface area contributed by atoms with Gasteiger partial charge in [0, 0.05) is 24.3 Å². The van der Waals surface area contributed by atoms with Gasteiger partial charge in [0.2, 0.25) is 0 Å². The minimum Gasteiger partial charge on any atom is -0.497 e. The highest BCUT2D eigenvalue weighted by Crippen LogP contribution is 2.28. The molecular weight excluding hydrogens is 254 g/mol. The van der Waals surface area contributed by atoms with Crippen molar-refractivity contribution in [1.82, 2.24) is 0 Å². The van der Waals surface area contributed by atoms with Crippen molar-refractivity contribution in [2.24, 2.45) is 11.7 Å². The maximum atomic E-state index is 5.94. The Labute approximate surface area is 122 Å². The second-order valence-electron chi connectivity index (χ2n) is 5.34. The van der Waals surface area contributed by atoms with Crippen LogP contribution < -0.4 is 15.2 Å². The summed E-state index contributed by atoms with van der Waals surface area (Å²) < 4.78 is 16.5. The van der Waals surface area contributed by atoms with Gasteiger partial charge in [0.15, 0.2) is 0 Å². The SMILES string of the molecule is COc1ccc([C@@H](C)N)c(OCCOCCC(C)C)c1. The van der Waals surface area contributed by atoms with E-state index in [2.05, 4.69) is 13.8 Å². The van der Waals surface area contributed by atoms with E-state index >= 15 is 0 Å². The number of rotatable bonds is 9. The van der Waals surface area contributed by atoms with Crippen LogP contribution in [0.4, 0.5) is 0 Å². The Morgan fingerprint density at radius 3 is 2.45 bits per heavy atom. The summed E-state index contributed by atoms with van der Waals surface area (Å²) in [5.41, 5.74) is 6.92. The Morgan fingerprint density at radius 1 is 1.10 bits per heavy atom. The molecule has 0 aliphatic carbocycles. The number of ether oxygens (including phenoxy) is 3. The van der Waals surface area contributed by atoms with Gasteiger partial charge in [0.05, 0.1) is 13.7 Å². The van der Waals surface area contributed by atoms with Gasteiger partial charge < -0.3 is 19.9 Å². The molecule has 2 N–H and O–H groups in total. The number of nitrogens with two attached hydrogens (primary N) is 1. The molecule has 0 spiro atoms. The molecule has 114 valence electrons. The average molecular weight is 281 g/mol. The predicted molar refractivity (Wildman–Crippen MR) is 81.4 cm³/mol. The van der Waals surface area contributed by atoms with Crippen LogP contribution in [0.3, 0.4) is 0 Å². The lowest BCUT2D eigenvalue weighted by molar-refractivity contribution is 0.0921. The first-order chi connectivity index (χ1) is 9.54. The lowest BCUT2D eigenvalue weighted by Crippen LogP contribution is -2.12. The summed E-state index contributed by atoms with van der Waals surface area (Å²) in [4.78, 5) is 0. The molecule has 0 heterocycles. The van der Waals surface area contributed by atoms with Crippen molar-refractivity contribution in [3.8, 4) is 11.5 Å². The van der Waals surface area contributed by atoms with Crippen molar-refractivity contribution in [2.75, 3.05) is 26.9 Å². The molecular formula is C16H27NO3. The molecule has 0 aromatic heterocycles. The zero-order valence-electron chi connectivity index (χ0n) is 13.0. The molecule has 1 aromatic carbocycles. The van der Waals surface area contributed by atoms with Gasteiger partial charge in [-0.1, -0.05) is 19.9 Å². The first-order valence-corrected chi connectivity index (χ1v) is 7.18. The third-order valence-corrected chi connectivity index (χ3v) is 3.04. The van der Waals surface area contributed by atoms with Gasteiger partial charge >= 0.3 is 0 Å². The van der Waals surface area contributed by atoms with E-state index < -0.39 is 0 Å². The maximum absolute atomic E-state index is 5.94. The first kappa shape index (κ1) is 16.8. The normalized spacial score (nSPS) is 12.5. The van der Waals surface area contributed by atoms with E-state index in [-0.39, 0.29) is 6.04 Å². The number of hydrogen-bond acceptors (Lipinski definition) is 4. The molecule has 20 heavy (non-hydrogen) atoms. The Balaban J connectivity index is 2.45. The highest BCUT2D eigenvalue weighted by atomic mass is 16.5. The standard InChI is InChI=1S/C16H27NO3/c1-12(2)7-8-19-9-10-20-16-11-14(18-4)5-6-15(16)13(3)17/h5-6,11-13H,7-10,17H2,1-4H3/t13-/m1/s1. The molecule has 0 bridgehead atoms. The lowest BCUT2D eigenvalue weighted by Gasteiger charge is -2.15. The fourth-order valence-electron chi connectivity index (χ4n) is 1.77. The Morgan fingerprint density at radius 2 is 1.85 bits per heavy atom. The zero-order chi connectivity index (χ0) is 15.0. The van der Waals surface area contributed by atoms with Crippen molar-refractivity contribution in [3.05, 3.63) is 23.8 Å². The van der Waals surface area contributed by atoms with Gasteiger partial charge in [-0.15, -0.1) is 0 Å². The minimum atomic E-state index is -0.0715. The van der Waals surface area contributed by atoms with Gasteiger partial charge in [-0.25, -0.2) is 0 Å². The molecule has 0 unspecified atom stereocenters. The van der Waals surface area contributed by atoms with Crippen LogP contribution in [-0.4, -0.2) is 26.9 Å². The van der Waals surface area contributed by atoms with E-state index in [1.165, 1.54) is 0 Å². The van der Waals surface area contributed by atoms with Gasteiger partial charge in [-0.2, -0.15) is 0 Å². The molecule has 4 nitrogen and oxygen atoms in total. The van der Waals surface area contributed by atoms with E-state index in [0.717, 1.165) is 30.1 Å². The summed E-state index contributed by atoms with van der Waals surface area (Å²) in [6.07, 6.45) is 1.07. The van der Waals surface area contributed by atoms with Crippen LogP contribution in [0.1, 0.15) is 38.8 Å². The summed E-state index contributed by atoms with van der Waals surface area (Å²) in [5.74, 6) is 2.20. The second kappa shape index (κ2) is 8.82.